The molecule has 8 nitrogen and oxygen atoms in total. The van der Waals surface area contributed by atoms with Gasteiger partial charge in [0.05, 0.1) is 17.7 Å². The van der Waals surface area contributed by atoms with Crippen LogP contribution in [0.3, 0.4) is 0 Å². The molecule has 1 N–H and O–H groups in total. The summed E-state index contributed by atoms with van der Waals surface area (Å²) in [6.07, 6.45) is 4.95. The molecule has 5 rings (SSSR count). The summed E-state index contributed by atoms with van der Waals surface area (Å²) in [6, 6.07) is 3.93. The predicted molar refractivity (Wildman–Crippen MR) is 112 cm³/mol. The Balaban J connectivity index is 1.41. The zero-order chi connectivity index (χ0) is 21.0. The maximum absolute atomic E-state index is 13.2. The number of hydrogen-bond acceptors (Lipinski definition) is 4. The standard InChI is InChI=1S/C22H26N6O2/c1-13-18(14(2)25-24-13)9-20(29)27-10-15-8-16(12-27)19-5-4-17(22(30)28(19)11-15)21-23-6-7-26(21)3/h4-7,15-16H,8-12H2,1-3H3,(H,24,25)/t15-,16+/m0/s1. The quantitative estimate of drug-likeness (QED) is 0.718. The highest BCUT2D eigenvalue weighted by Gasteiger charge is 2.37. The lowest BCUT2D eigenvalue weighted by Crippen LogP contribution is -2.49. The number of imidazole rings is 1. The van der Waals surface area contributed by atoms with Gasteiger partial charge in [0.1, 0.15) is 5.82 Å². The number of piperidine rings is 1. The molecule has 1 saturated heterocycles. The van der Waals surface area contributed by atoms with Crippen molar-refractivity contribution in [2.45, 2.75) is 39.2 Å². The molecule has 2 bridgehead atoms. The molecule has 156 valence electrons. The van der Waals surface area contributed by atoms with Crippen LogP contribution in [0.2, 0.25) is 0 Å². The fourth-order valence-electron chi connectivity index (χ4n) is 5.04. The molecule has 0 aliphatic carbocycles. The first kappa shape index (κ1) is 18.8. The number of aromatic nitrogens is 5. The van der Waals surface area contributed by atoms with Gasteiger partial charge in [0, 0.05) is 61.9 Å². The van der Waals surface area contributed by atoms with E-state index in [1.165, 1.54) is 0 Å². The molecule has 2 aliphatic rings. The van der Waals surface area contributed by atoms with Gasteiger partial charge in [-0.15, -0.1) is 0 Å². The Bertz CT molecular complexity index is 1170. The molecule has 3 aromatic heterocycles. The third kappa shape index (κ3) is 2.98. The summed E-state index contributed by atoms with van der Waals surface area (Å²) in [5, 5.41) is 7.17. The molecule has 3 aromatic rings. The van der Waals surface area contributed by atoms with Crippen molar-refractivity contribution in [2.75, 3.05) is 13.1 Å². The van der Waals surface area contributed by atoms with E-state index < -0.39 is 0 Å². The number of aryl methyl sites for hydroxylation is 3. The van der Waals surface area contributed by atoms with E-state index in [-0.39, 0.29) is 17.4 Å². The third-order valence-electron chi connectivity index (χ3n) is 6.63. The van der Waals surface area contributed by atoms with Crippen molar-refractivity contribution in [1.82, 2.24) is 29.2 Å². The average Bonchev–Trinajstić information content (AvgIpc) is 3.29. The van der Waals surface area contributed by atoms with Gasteiger partial charge in [0.2, 0.25) is 5.91 Å². The summed E-state index contributed by atoms with van der Waals surface area (Å²) in [5.41, 5.74) is 4.51. The molecule has 2 atom stereocenters. The van der Waals surface area contributed by atoms with E-state index in [0.29, 0.717) is 43.4 Å². The molecule has 1 amide bonds. The van der Waals surface area contributed by atoms with Crippen LogP contribution in [0.25, 0.3) is 11.4 Å². The Kier molecular flexibility index (Phi) is 4.38. The molecule has 0 saturated carbocycles. The number of carbonyl (C=O) groups is 1. The van der Waals surface area contributed by atoms with Crippen LogP contribution in [-0.4, -0.2) is 48.2 Å². The maximum atomic E-state index is 13.2. The summed E-state index contributed by atoms with van der Waals surface area (Å²) >= 11 is 0. The van der Waals surface area contributed by atoms with Crippen LogP contribution in [0.15, 0.2) is 29.3 Å². The number of hydrogen-bond donors (Lipinski definition) is 1. The number of carbonyl (C=O) groups excluding carboxylic acids is 1. The Labute approximate surface area is 174 Å². The van der Waals surface area contributed by atoms with Crippen LogP contribution >= 0.6 is 0 Å². The summed E-state index contributed by atoms with van der Waals surface area (Å²) in [6.45, 7) is 5.89. The molecule has 2 aliphatic heterocycles. The molecule has 0 radical (unpaired) electrons. The van der Waals surface area contributed by atoms with E-state index in [4.69, 9.17) is 0 Å². The Hall–Kier alpha value is -3.16. The van der Waals surface area contributed by atoms with Gasteiger partial charge in [-0.2, -0.15) is 5.10 Å². The lowest BCUT2D eigenvalue weighted by Gasteiger charge is -2.43. The van der Waals surface area contributed by atoms with Gasteiger partial charge in [0.15, 0.2) is 0 Å². The second-order valence-corrected chi connectivity index (χ2v) is 8.64. The van der Waals surface area contributed by atoms with E-state index in [9.17, 15) is 9.59 Å². The number of amides is 1. The minimum Gasteiger partial charge on any atom is -0.341 e. The SMILES string of the molecule is Cc1n[nH]c(C)c1CC(=O)N1C[C@@H]2C[C@H](C1)c1ccc(-c3nccn3C)c(=O)n1C2. The van der Waals surface area contributed by atoms with Gasteiger partial charge in [-0.3, -0.25) is 14.7 Å². The van der Waals surface area contributed by atoms with Crippen LogP contribution in [0.1, 0.15) is 35.0 Å². The van der Waals surface area contributed by atoms with Gasteiger partial charge in [-0.05, 0) is 38.3 Å². The summed E-state index contributed by atoms with van der Waals surface area (Å²) in [5.74, 6) is 1.31. The largest absolute Gasteiger partial charge is 0.341 e. The topological polar surface area (TPSA) is 88.8 Å². The van der Waals surface area contributed by atoms with Crippen molar-refractivity contribution in [1.29, 1.82) is 0 Å². The first-order valence-electron chi connectivity index (χ1n) is 10.4. The minimum atomic E-state index is 0.0147. The number of nitrogens with one attached hydrogen (secondary N) is 1. The lowest BCUT2D eigenvalue weighted by molar-refractivity contribution is -0.133. The molecule has 0 spiro atoms. The Morgan fingerprint density at radius 2 is 2.07 bits per heavy atom. The van der Waals surface area contributed by atoms with E-state index in [1.54, 1.807) is 6.20 Å². The van der Waals surface area contributed by atoms with Crippen molar-refractivity contribution in [2.24, 2.45) is 13.0 Å². The van der Waals surface area contributed by atoms with Gasteiger partial charge in [0.25, 0.3) is 5.56 Å². The summed E-state index contributed by atoms with van der Waals surface area (Å²) < 4.78 is 3.78. The Morgan fingerprint density at radius 3 is 2.77 bits per heavy atom. The molecule has 8 heteroatoms. The van der Waals surface area contributed by atoms with Gasteiger partial charge in [-0.1, -0.05) is 0 Å². The van der Waals surface area contributed by atoms with E-state index in [1.807, 2.05) is 53.3 Å². The second-order valence-electron chi connectivity index (χ2n) is 8.64. The van der Waals surface area contributed by atoms with Crippen molar-refractivity contribution >= 4 is 5.91 Å². The van der Waals surface area contributed by atoms with Crippen molar-refractivity contribution in [3.63, 3.8) is 0 Å². The summed E-state index contributed by atoms with van der Waals surface area (Å²) in [7, 11) is 1.90. The highest BCUT2D eigenvalue weighted by molar-refractivity contribution is 5.79. The van der Waals surface area contributed by atoms with Gasteiger partial charge < -0.3 is 14.0 Å². The normalized spacial score (nSPS) is 20.3. The zero-order valence-electron chi connectivity index (χ0n) is 17.6. The molecule has 1 fully saturated rings. The third-order valence-corrected chi connectivity index (χ3v) is 6.63. The first-order valence-corrected chi connectivity index (χ1v) is 10.4. The number of rotatable bonds is 3. The number of pyridine rings is 1. The van der Waals surface area contributed by atoms with E-state index >= 15 is 0 Å². The average molecular weight is 406 g/mol. The Morgan fingerprint density at radius 1 is 1.23 bits per heavy atom. The second kappa shape index (κ2) is 6.97. The monoisotopic (exact) mass is 406 g/mol. The molecule has 5 heterocycles. The fraction of sp³-hybridized carbons (Fsp3) is 0.455. The highest BCUT2D eigenvalue weighted by Crippen LogP contribution is 2.36. The molecular formula is C22H26N6O2. The van der Waals surface area contributed by atoms with Crippen LogP contribution in [-0.2, 0) is 24.8 Å². The van der Waals surface area contributed by atoms with E-state index in [0.717, 1.165) is 29.1 Å². The zero-order valence-corrected chi connectivity index (χ0v) is 17.6. The fourth-order valence-corrected chi connectivity index (χ4v) is 5.04. The molecular weight excluding hydrogens is 380 g/mol. The predicted octanol–water partition coefficient (Wildman–Crippen LogP) is 1.78. The van der Waals surface area contributed by atoms with Crippen LogP contribution in [0.5, 0.6) is 0 Å². The van der Waals surface area contributed by atoms with Crippen LogP contribution in [0, 0.1) is 19.8 Å². The number of nitrogens with zero attached hydrogens (tertiary/aromatic N) is 5. The smallest absolute Gasteiger partial charge is 0.261 e. The van der Waals surface area contributed by atoms with Gasteiger partial charge >= 0.3 is 0 Å². The van der Waals surface area contributed by atoms with Crippen molar-refractivity contribution in [3.05, 3.63) is 57.5 Å². The highest BCUT2D eigenvalue weighted by atomic mass is 16.2. The van der Waals surface area contributed by atoms with Crippen molar-refractivity contribution in [3.8, 4) is 11.4 Å². The number of likely N-dealkylation sites (tertiary alicyclic amines) is 1. The van der Waals surface area contributed by atoms with Crippen molar-refractivity contribution < 1.29 is 4.79 Å². The molecule has 30 heavy (non-hydrogen) atoms. The van der Waals surface area contributed by atoms with E-state index in [2.05, 4.69) is 15.2 Å². The van der Waals surface area contributed by atoms with Crippen LogP contribution < -0.4 is 5.56 Å². The minimum absolute atomic E-state index is 0.0147. The van der Waals surface area contributed by atoms with Crippen LogP contribution in [0.4, 0.5) is 0 Å². The summed E-state index contributed by atoms with van der Waals surface area (Å²) in [4.78, 5) is 32.6. The number of aromatic amines is 1. The number of H-pyrrole nitrogens is 1. The maximum Gasteiger partial charge on any atom is 0.261 e. The molecule has 0 aromatic carbocycles. The molecule has 0 unspecified atom stereocenters. The van der Waals surface area contributed by atoms with Gasteiger partial charge in [-0.25, -0.2) is 4.98 Å². The lowest BCUT2D eigenvalue weighted by atomic mass is 9.82. The number of fused-ring (bicyclic) bond motifs is 4. The first-order chi connectivity index (χ1) is 14.4.